The highest BCUT2D eigenvalue weighted by Gasteiger charge is 2.19. The fraction of sp³-hybridized carbons (Fsp3) is 0.333. The molecule has 0 amide bonds. The standard InChI is InChI=1S/C9H10O2/c1-5-4-8(10)6(2)7(3)9(5)11/h4H,1-3H3/p+1. The second-order valence-electron chi connectivity index (χ2n) is 2.77. The van der Waals surface area contributed by atoms with Gasteiger partial charge in [-0.2, -0.15) is 0 Å². The van der Waals surface area contributed by atoms with Crippen molar-refractivity contribution in [3.8, 4) is 0 Å². The van der Waals surface area contributed by atoms with Crippen LogP contribution in [0, 0.1) is 0 Å². The van der Waals surface area contributed by atoms with Crippen LogP contribution < -0.4 is 0 Å². The number of ketones is 2. The smallest absolute Gasteiger partial charge is 0.290 e. The van der Waals surface area contributed by atoms with E-state index in [1.807, 2.05) is 0 Å². The number of hydrogen-bond acceptors (Lipinski definition) is 2. The van der Waals surface area contributed by atoms with E-state index < -0.39 is 0 Å². The zero-order valence-corrected chi connectivity index (χ0v) is 6.89. The molecule has 2 nitrogen and oxygen atoms in total. The van der Waals surface area contributed by atoms with Gasteiger partial charge in [0, 0.05) is 16.7 Å². The molecular formula is C9H11O2+. The Morgan fingerprint density at radius 1 is 1.09 bits per heavy atom. The van der Waals surface area contributed by atoms with E-state index >= 15 is 0 Å². The molecule has 2 heteroatoms. The number of rotatable bonds is 0. The summed E-state index contributed by atoms with van der Waals surface area (Å²) in [6, 6.07) is 0. The summed E-state index contributed by atoms with van der Waals surface area (Å²) in [5.41, 5.74) is 1.69. The number of carbonyl (C=O) groups excluding carboxylic acids is 2. The first kappa shape index (κ1) is 7.92. The van der Waals surface area contributed by atoms with Crippen LogP contribution >= 0.6 is 0 Å². The Morgan fingerprint density at radius 2 is 1.64 bits per heavy atom. The Balaban J connectivity index is 0.00000121. The Morgan fingerprint density at radius 3 is 2.18 bits per heavy atom. The molecule has 0 aromatic carbocycles. The maximum atomic E-state index is 11.2. The van der Waals surface area contributed by atoms with Crippen LogP contribution in [-0.4, -0.2) is 11.6 Å². The summed E-state index contributed by atoms with van der Waals surface area (Å²) in [6.07, 6.45) is 1.39. The summed E-state index contributed by atoms with van der Waals surface area (Å²) in [4.78, 5) is 22.3. The van der Waals surface area contributed by atoms with Gasteiger partial charge in [-0.15, -0.1) is 0 Å². The second-order valence-corrected chi connectivity index (χ2v) is 2.77. The molecule has 0 N–H and O–H groups in total. The van der Waals surface area contributed by atoms with E-state index in [2.05, 4.69) is 0 Å². The first-order chi connectivity index (χ1) is 5.04. The topological polar surface area (TPSA) is 34.1 Å². The van der Waals surface area contributed by atoms with E-state index in [4.69, 9.17) is 0 Å². The van der Waals surface area contributed by atoms with Gasteiger partial charge in [-0.25, -0.2) is 0 Å². The van der Waals surface area contributed by atoms with Gasteiger partial charge < -0.3 is 0 Å². The molecule has 0 radical (unpaired) electrons. The van der Waals surface area contributed by atoms with Crippen LogP contribution in [0.2, 0.25) is 0 Å². The van der Waals surface area contributed by atoms with Gasteiger partial charge in [0.1, 0.15) is 0 Å². The summed E-state index contributed by atoms with van der Waals surface area (Å²) in [7, 11) is 0. The first-order valence-corrected chi connectivity index (χ1v) is 3.49. The number of hydrogen-bond donors (Lipinski definition) is 0. The minimum Gasteiger partial charge on any atom is -0.290 e. The molecule has 1 aliphatic rings. The Hall–Kier alpha value is -1.18. The molecule has 0 heterocycles. The number of allylic oxidation sites excluding steroid dienone is 4. The van der Waals surface area contributed by atoms with Crippen LogP contribution in [0.1, 0.15) is 22.2 Å². The van der Waals surface area contributed by atoms with Gasteiger partial charge in [-0.1, -0.05) is 0 Å². The quantitative estimate of drug-likeness (QED) is 0.492. The minimum absolute atomic E-state index is 0. The van der Waals surface area contributed by atoms with Crippen molar-refractivity contribution in [1.29, 1.82) is 0 Å². The van der Waals surface area contributed by atoms with Gasteiger partial charge in [0.25, 0.3) is 0 Å². The summed E-state index contributed by atoms with van der Waals surface area (Å²) in [5, 5.41) is 0. The van der Waals surface area contributed by atoms with E-state index in [-0.39, 0.29) is 13.0 Å². The molecule has 0 bridgehead atoms. The molecule has 0 spiro atoms. The molecule has 0 aromatic heterocycles. The Labute approximate surface area is 67.1 Å². The SMILES string of the molecule is CC1=CC(=O)C(C)=C(C)C1=O.[H+]. The zero-order chi connectivity index (χ0) is 8.59. The largest absolute Gasteiger partial charge is 1.00 e. The molecule has 0 aliphatic heterocycles. The highest BCUT2D eigenvalue weighted by Crippen LogP contribution is 2.17. The zero-order valence-electron chi connectivity index (χ0n) is 7.89. The molecule has 0 atom stereocenters. The van der Waals surface area contributed by atoms with E-state index in [1.165, 1.54) is 6.08 Å². The van der Waals surface area contributed by atoms with Gasteiger partial charge in [0.05, 0.1) is 0 Å². The summed E-state index contributed by atoms with van der Waals surface area (Å²) >= 11 is 0. The third-order valence-corrected chi connectivity index (χ3v) is 1.98. The predicted octanol–water partition coefficient (Wildman–Crippen LogP) is 1.53. The normalized spacial score (nSPS) is 19.0. The second kappa shape index (κ2) is 2.46. The van der Waals surface area contributed by atoms with Gasteiger partial charge in [-0.05, 0) is 26.8 Å². The van der Waals surface area contributed by atoms with Gasteiger partial charge in [0.15, 0.2) is 11.6 Å². The van der Waals surface area contributed by atoms with Crippen molar-refractivity contribution in [2.24, 2.45) is 0 Å². The maximum Gasteiger partial charge on any atom is 1.00 e. The van der Waals surface area contributed by atoms with Crippen molar-refractivity contribution < 1.29 is 11.0 Å². The van der Waals surface area contributed by atoms with Crippen molar-refractivity contribution in [2.45, 2.75) is 20.8 Å². The molecule has 0 saturated heterocycles. The molecule has 0 saturated carbocycles. The Bertz CT molecular complexity index is 298. The average molecular weight is 151 g/mol. The van der Waals surface area contributed by atoms with Gasteiger partial charge in [-0.3, -0.25) is 9.59 Å². The lowest BCUT2D eigenvalue weighted by Gasteiger charge is -2.09. The van der Waals surface area contributed by atoms with Gasteiger partial charge >= 0.3 is 1.43 Å². The average Bonchev–Trinajstić information content (AvgIpc) is 1.97. The molecule has 0 unspecified atom stereocenters. The van der Waals surface area contributed by atoms with E-state index in [9.17, 15) is 9.59 Å². The molecule has 1 rings (SSSR count). The van der Waals surface area contributed by atoms with Crippen LogP contribution in [0.25, 0.3) is 0 Å². The summed E-state index contributed by atoms with van der Waals surface area (Å²) < 4.78 is 0. The lowest BCUT2D eigenvalue weighted by molar-refractivity contribution is -0.115. The molecule has 1 aliphatic carbocycles. The number of Topliss-reactive ketones (excluding diaryl/α,β-unsaturated/α-hetero) is 1. The van der Waals surface area contributed by atoms with Gasteiger partial charge in [0.2, 0.25) is 0 Å². The first-order valence-electron chi connectivity index (χ1n) is 3.49. The van der Waals surface area contributed by atoms with E-state index in [0.29, 0.717) is 16.7 Å². The predicted molar refractivity (Wildman–Crippen MR) is 43.3 cm³/mol. The third-order valence-electron chi connectivity index (χ3n) is 1.98. The molecule has 0 aromatic rings. The van der Waals surface area contributed by atoms with Crippen molar-refractivity contribution in [2.75, 3.05) is 0 Å². The van der Waals surface area contributed by atoms with Crippen LogP contribution in [0.5, 0.6) is 0 Å². The summed E-state index contributed by atoms with van der Waals surface area (Å²) in [5.74, 6) is -0.0540. The van der Waals surface area contributed by atoms with Crippen molar-refractivity contribution in [1.82, 2.24) is 0 Å². The minimum atomic E-state index is -0.0420. The third kappa shape index (κ3) is 1.16. The fourth-order valence-electron chi connectivity index (χ4n) is 1.02. The van der Waals surface area contributed by atoms with Crippen molar-refractivity contribution >= 4 is 11.6 Å². The van der Waals surface area contributed by atoms with Crippen LogP contribution in [0.3, 0.4) is 0 Å². The van der Waals surface area contributed by atoms with E-state index in [1.54, 1.807) is 20.8 Å². The highest BCUT2D eigenvalue weighted by atomic mass is 16.1. The monoisotopic (exact) mass is 151 g/mol. The lowest BCUT2D eigenvalue weighted by atomic mass is 9.92. The van der Waals surface area contributed by atoms with Crippen molar-refractivity contribution in [3.05, 3.63) is 22.8 Å². The van der Waals surface area contributed by atoms with Crippen LogP contribution in [0.4, 0.5) is 0 Å². The maximum absolute atomic E-state index is 11.2. The van der Waals surface area contributed by atoms with Crippen LogP contribution in [-0.2, 0) is 9.59 Å². The van der Waals surface area contributed by atoms with Crippen LogP contribution in [0.15, 0.2) is 22.8 Å². The molecular weight excluding hydrogens is 140 g/mol. The van der Waals surface area contributed by atoms with E-state index in [0.717, 1.165) is 0 Å². The van der Waals surface area contributed by atoms with Crippen molar-refractivity contribution in [3.63, 3.8) is 0 Å². The summed E-state index contributed by atoms with van der Waals surface area (Å²) in [6.45, 7) is 5.03. The lowest BCUT2D eigenvalue weighted by Crippen LogP contribution is -2.14. The Kier molecular flexibility index (Phi) is 1.77. The highest BCUT2D eigenvalue weighted by molar-refractivity contribution is 6.21. The molecule has 0 fully saturated rings. The number of carbonyl (C=O) groups is 2. The molecule has 11 heavy (non-hydrogen) atoms. The fourth-order valence-corrected chi connectivity index (χ4v) is 1.02. The molecule has 58 valence electrons.